The fraction of sp³-hybridized carbons (Fsp3) is 0.250. The molecule has 0 bridgehead atoms. The maximum Gasteiger partial charge on any atom is 0.128 e. The van der Waals surface area contributed by atoms with Gasteiger partial charge in [-0.3, -0.25) is 10.4 Å². The second kappa shape index (κ2) is 10.5. The minimum atomic E-state index is -0.220. The van der Waals surface area contributed by atoms with Crippen molar-refractivity contribution in [2.75, 3.05) is 35.2 Å². The molecule has 0 aliphatic carbocycles. The molecule has 33 heavy (non-hydrogen) atoms. The molecule has 0 saturated carbocycles. The Kier molecular flexibility index (Phi) is 7.64. The molecular formula is C24H25Cl2N5S2. The highest BCUT2D eigenvalue weighted by Gasteiger charge is 2.18. The van der Waals surface area contributed by atoms with Crippen LogP contribution in [0, 0.1) is 5.41 Å². The van der Waals surface area contributed by atoms with Crippen LogP contribution < -0.4 is 10.6 Å². The van der Waals surface area contributed by atoms with Gasteiger partial charge in [0.15, 0.2) is 0 Å². The van der Waals surface area contributed by atoms with Crippen LogP contribution in [0.3, 0.4) is 0 Å². The van der Waals surface area contributed by atoms with Crippen LogP contribution in [0.25, 0.3) is 0 Å². The summed E-state index contributed by atoms with van der Waals surface area (Å²) in [4.78, 5) is 10.9. The molecule has 3 heterocycles. The van der Waals surface area contributed by atoms with Gasteiger partial charge in [0.25, 0.3) is 0 Å². The van der Waals surface area contributed by atoms with E-state index in [9.17, 15) is 0 Å². The molecule has 4 rings (SSSR count). The van der Waals surface area contributed by atoms with Crippen LogP contribution in [0.1, 0.15) is 27.5 Å². The third-order valence-electron chi connectivity index (χ3n) is 5.70. The molecule has 1 fully saturated rings. The molecular weight excluding hydrogens is 493 g/mol. The van der Waals surface area contributed by atoms with E-state index in [1.165, 1.54) is 0 Å². The zero-order valence-corrected chi connectivity index (χ0v) is 21.2. The molecule has 5 nitrogen and oxygen atoms in total. The highest BCUT2D eigenvalue weighted by atomic mass is 35.5. The number of nitrogens with zero attached hydrogens (tertiary/aromatic N) is 3. The van der Waals surface area contributed by atoms with Gasteiger partial charge in [0.05, 0.1) is 15.8 Å². The van der Waals surface area contributed by atoms with Crippen molar-refractivity contribution in [1.29, 1.82) is 5.41 Å². The van der Waals surface area contributed by atoms with Crippen molar-refractivity contribution >= 4 is 69.4 Å². The molecule has 0 spiro atoms. The first kappa shape index (κ1) is 24.1. The van der Waals surface area contributed by atoms with Crippen molar-refractivity contribution < 1.29 is 0 Å². The topological polar surface area (TPSA) is 78.9 Å². The Balaban J connectivity index is 1.52. The molecule has 1 aromatic carbocycles. The van der Waals surface area contributed by atoms with Gasteiger partial charge < -0.3 is 10.6 Å². The minimum absolute atomic E-state index is 0.220. The predicted octanol–water partition coefficient (Wildman–Crippen LogP) is 5.52. The maximum absolute atomic E-state index is 8.75. The third kappa shape index (κ3) is 5.54. The molecule has 3 aromatic rings. The van der Waals surface area contributed by atoms with Crippen molar-refractivity contribution in [3.8, 4) is 0 Å². The fourth-order valence-electron chi connectivity index (χ4n) is 3.81. The Hall–Kier alpha value is -2.06. The Morgan fingerprint density at radius 1 is 1.15 bits per heavy atom. The summed E-state index contributed by atoms with van der Waals surface area (Å²) < 4.78 is 0. The Bertz CT molecular complexity index is 1170. The van der Waals surface area contributed by atoms with E-state index in [1.54, 1.807) is 18.6 Å². The second-order valence-corrected chi connectivity index (χ2v) is 11.4. The number of anilines is 2. The lowest BCUT2D eigenvalue weighted by atomic mass is 9.97. The number of aromatic nitrogens is 2. The summed E-state index contributed by atoms with van der Waals surface area (Å²) >= 11 is 17.3. The fourth-order valence-corrected chi connectivity index (χ4v) is 6.24. The molecule has 9 heteroatoms. The average Bonchev–Trinajstić information content (AvgIpc) is 2.80. The second-order valence-electron chi connectivity index (χ2n) is 7.95. The molecule has 1 unspecified atom stereocenters. The molecule has 1 aliphatic rings. The van der Waals surface area contributed by atoms with Gasteiger partial charge in [-0.25, -0.2) is 4.98 Å². The van der Waals surface area contributed by atoms with Crippen molar-refractivity contribution in [2.45, 2.75) is 11.7 Å². The largest absolute Gasteiger partial charge is 0.398 e. The van der Waals surface area contributed by atoms with Crippen molar-refractivity contribution in [1.82, 2.24) is 9.97 Å². The minimum Gasteiger partial charge on any atom is -0.398 e. The Morgan fingerprint density at radius 2 is 1.85 bits per heavy atom. The van der Waals surface area contributed by atoms with Gasteiger partial charge in [0.2, 0.25) is 0 Å². The summed E-state index contributed by atoms with van der Waals surface area (Å²) in [5, 5.41) is 9.50. The number of pyridine rings is 2. The number of thiol groups is 1. The molecule has 1 saturated heterocycles. The lowest BCUT2D eigenvalue weighted by Gasteiger charge is -2.29. The standard InChI is InChI=1S/C24H25Cl2N5S2/c1-33-8-6-31(7-9-33)22-5-3-16(12-30-22)24(28)17-10-15(2-4-20(17)27)11-21(32)23-18(25)13-29-14-19(23)26/h2-5,10,12-14,21,28,32H,1,6-9,11,27H2. The first-order valence-corrected chi connectivity index (χ1v) is 13.5. The van der Waals surface area contributed by atoms with E-state index in [4.69, 9.17) is 47.0 Å². The Labute approximate surface area is 212 Å². The van der Waals surface area contributed by atoms with E-state index >= 15 is 0 Å². The number of nitrogens with one attached hydrogen (secondary N) is 1. The zero-order valence-electron chi connectivity index (χ0n) is 18.0. The first-order valence-electron chi connectivity index (χ1n) is 10.5. The molecule has 2 aromatic heterocycles. The van der Waals surface area contributed by atoms with Gasteiger partial charge in [-0.2, -0.15) is 23.1 Å². The summed E-state index contributed by atoms with van der Waals surface area (Å²) in [5.74, 6) is 7.32. The van der Waals surface area contributed by atoms with Gasteiger partial charge in [-0.05, 0) is 36.2 Å². The monoisotopic (exact) mass is 517 g/mol. The van der Waals surface area contributed by atoms with E-state index in [0.717, 1.165) is 47.1 Å². The molecule has 1 aliphatic heterocycles. The smallest absolute Gasteiger partial charge is 0.128 e. The summed E-state index contributed by atoms with van der Waals surface area (Å²) in [5.41, 5.74) is 10.2. The first-order chi connectivity index (χ1) is 15.8. The molecule has 172 valence electrons. The van der Waals surface area contributed by atoms with Gasteiger partial charge >= 0.3 is 0 Å². The van der Waals surface area contributed by atoms with Crippen LogP contribution in [0.4, 0.5) is 11.5 Å². The van der Waals surface area contributed by atoms with E-state index in [1.807, 2.05) is 30.3 Å². The summed E-state index contributed by atoms with van der Waals surface area (Å²) in [6, 6.07) is 9.60. The average molecular weight is 519 g/mol. The van der Waals surface area contributed by atoms with Gasteiger partial charge in [-0.15, -0.1) is 0 Å². The number of hydrogen-bond acceptors (Lipinski definition) is 6. The molecule has 1 atom stereocenters. The highest BCUT2D eigenvalue weighted by Crippen LogP contribution is 2.35. The summed E-state index contributed by atoms with van der Waals surface area (Å²) in [6.45, 7) is 1.95. The van der Waals surface area contributed by atoms with Crippen LogP contribution in [0.2, 0.25) is 10.0 Å². The highest BCUT2D eigenvalue weighted by molar-refractivity contribution is 8.14. The summed E-state index contributed by atoms with van der Waals surface area (Å²) in [7, 11) is 0.263. The molecule has 3 N–H and O–H groups in total. The lowest BCUT2D eigenvalue weighted by Crippen LogP contribution is -2.34. The van der Waals surface area contributed by atoms with Gasteiger partial charge in [0, 0.05) is 70.8 Å². The zero-order chi connectivity index (χ0) is 23.5. The normalized spacial score (nSPS) is 15.4. The van der Waals surface area contributed by atoms with Crippen LogP contribution in [0.15, 0.2) is 48.9 Å². The summed E-state index contributed by atoms with van der Waals surface area (Å²) in [6.07, 6.45) is 5.45. The Morgan fingerprint density at radius 3 is 2.48 bits per heavy atom. The third-order valence-corrected chi connectivity index (χ3v) is 8.26. The van der Waals surface area contributed by atoms with Crippen molar-refractivity contribution in [3.05, 3.63) is 81.2 Å². The predicted molar refractivity (Wildman–Crippen MR) is 147 cm³/mol. The van der Waals surface area contributed by atoms with Crippen LogP contribution in [-0.4, -0.2) is 46.1 Å². The van der Waals surface area contributed by atoms with E-state index < -0.39 is 0 Å². The maximum atomic E-state index is 8.75. The number of hydrogen-bond donors (Lipinski definition) is 3. The quantitative estimate of drug-likeness (QED) is 0.174. The van der Waals surface area contributed by atoms with E-state index in [2.05, 4.69) is 20.7 Å². The van der Waals surface area contributed by atoms with E-state index in [-0.39, 0.29) is 15.7 Å². The number of halogens is 2. The number of nitrogen functional groups attached to an aromatic ring is 1. The molecule has 0 amide bonds. The van der Waals surface area contributed by atoms with Crippen LogP contribution in [-0.2, 0) is 6.42 Å². The van der Waals surface area contributed by atoms with E-state index in [0.29, 0.717) is 33.4 Å². The van der Waals surface area contributed by atoms with Crippen molar-refractivity contribution in [3.63, 3.8) is 0 Å². The van der Waals surface area contributed by atoms with Crippen LogP contribution in [0.5, 0.6) is 0 Å². The van der Waals surface area contributed by atoms with Crippen LogP contribution >= 0.6 is 46.3 Å². The number of benzene rings is 1. The molecule has 0 radical (unpaired) electrons. The van der Waals surface area contributed by atoms with Gasteiger partial charge in [0.1, 0.15) is 5.82 Å². The SMILES string of the molecule is C=S1CCN(c2ccc(C(=N)c3cc(CC(S)c4c(Cl)cncc4Cl)ccc3N)cn2)CC1. The van der Waals surface area contributed by atoms with Gasteiger partial charge in [-0.1, -0.05) is 35.1 Å². The number of rotatable bonds is 6. The lowest BCUT2D eigenvalue weighted by molar-refractivity contribution is 0.838. The van der Waals surface area contributed by atoms with Crippen molar-refractivity contribution in [2.24, 2.45) is 0 Å². The number of nitrogens with two attached hydrogens (primary N) is 1.